The molecule has 1 amide bonds. The summed E-state index contributed by atoms with van der Waals surface area (Å²) in [6.45, 7) is 9.39. The van der Waals surface area contributed by atoms with Crippen LogP contribution in [0.1, 0.15) is 87.5 Å². The summed E-state index contributed by atoms with van der Waals surface area (Å²) >= 11 is 0. The van der Waals surface area contributed by atoms with Crippen LogP contribution in [0.25, 0.3) is 0 Å². The van der Waals surface area contributed by atoms with Gasteiger partial charge in [0.1, 0.15) is 5.82 Å². The predicted molar refractivity (Wildman–Crippen MR) is 148 cm³/mol. The van der Waals surface area contributed by atoms with Gasteiger partial charge in [0.2, 0.25) is 5.91 Å². The van der Waals surface area contributed by atoms with Crippen LogP contribution in [-0.2, 0) is 26.6 Å². The number of rotatable bonds is 8. The summed E-state index contributed by atoms with van der Waals surface area (Å²) in [7, 11) is -3.23. The van der Waals surface area contributed by atoms with Crippen molar-refractivity contribution >= 4 is 15.7 Å². The number of carbonyl (C=O) groups excluding carboxylic acids is 1. The molecule has 0 bridgehead atoms. The molecule has 1 aliphatic carbocycles. The SMILES string of the molecule is CCS(=O)(=O)c1ccc(CCC(=O)N2CC(c3ccccc3)C(c3nc(C4CC4)nn3C(C)(C)C)C2)cc1. The van der Waals surface area contributed by atoms with E-state index in [4.69, 9.17) is 10.1 Å². The maximum atomic E-state index is 13.4. The standard InChI is InChI=1S/C30H38N4O3S/c1-5-38(36,37)24-16-11-21(12-17-24)13-18-27(35)33-19-25(22-9-7-6-8-10-22)26(20-33)29-31-28(23-14-15-23)32-34(29)30(2,3)4/h6-12,16-17,23,25-26H,5,13-15,18-20H2,1-4H3. The molecule has 2 heterocycles. The van der Waals surface area contributed by atoms with E-state index in [0.29, 0.717) is 36.7 Å². The maximum Gasteiger partial charge on any atom is 0.222 e. The molecule has 3 aromatic rings. The molecule has 0 spiro atoms. The number of aryl methyl sites for hydroxylation is 1. The molecule has 2 aliphatic rings. The Morgan fingerprint density at radius 3 is 2.24 bits per heavy atom. The molecule has 1 aromatic heterocycles. The summed E-state index contributed by atoms with van der Waals surface area (Å²) in [6.07, 6.45) is 3.26. The van der Waals surface area contributed by atoms with Crippen molar-refractivity contribution in [2.24, 2.45) is 0 Å². The van der Waals surface area contributed by atoms with Gasteiger partial charge in [-0.25, -0.2) is 18.1 Å². The van der Waals surface area contributed by atoms with Gasteiger partial charge in [0, 0.05) is 37.3 Å². The number of benzene rings is 2. The Hall–Kier alpha value is -3.00. The summed E-state index contributed by atoms with van der Waals surface area (Å²) in [4.78, 5) is 20.8. The highest BCUT2D eigenvalue weighted by molar-refractivity contribution is 7.91. The third-order valence-corrected chi connectivity index (χ3v) is 9.50. The van der Waals surface area contributed by atoms with E-state index < -0.39 is 9.84 Å². The molecule has 2 unspecified atom stereocenters. The molecule has 2 aromatic carbocycles. The van der Waals surface area contributed by atoms with Crippen LogP contribution >= 0.6 is 0 Å². The lowest BCUT2D eigenvalue weighted by Gasteiger charge is -2.25. The average molecular weight is 535 g/mol. The van der Waals surface area contributed by atoms with E-state index in [0.717, 1.165) is 30.1 Å². The molecule has 7 nitrogen and oxygen atoms in total. The first-order chi connectivity index (χ1) is 18.1. The minimum absolute atomic E-state index is 0.0686. The lowest BCUT2D eigenvalue weighted by molar-refractivity contribution is -0.130. The minimum atomic E-state index is -3.23. The second kappa shape index (κ2) is 10.3. The first-order valence-electron chi connectivity index (χ1n) is 13.7. The second-order valence-corrected chi connectivity index (χ2v) is 13.9. The predicted octanol–water partition coefficient (Wildman–Crippen LogP) is 5.05. The van der Waals surface area contributed by atoms with E-state index in [1.54, 1.807) is 19.1 Å². The molecule has 1 saturated carbocycles. The monoisotopic (exact) mass is 534 g/mol. The summed E-state index contributed by atoms with van der Waals surface area (Å²) < 4.78 is 26.3. The average Bonchev–Trinajstić information content (AvgIpc) is 3.49. The van der Waals surface area contributed by atoms with Gasteiger partial charge in [0.05, 0.1) is 16.2 Å². The van der Waals surface area contributed by atoms with E-state index in [1.807, 2.05) is 23.1 Å². The zero-order chi connectivity index (χ0) is 27.1. The summed E-state index contributed by atoms with van der Waals surface area (Å²) in [5, 5.41) is 4.95. The molecule has 1 aliphatic heterocycles. The van der Waals surface area contributed by atoms with Crippen LogP contribution in [0.5, 0.6) is 0 Å². The van der Waals surface area contributed by atoms with Gasteiger partial charge in [0.15, 0.2) is 15.7 Å². The van der Waals surface area contributed by atoms with E-state index in [9.17, 15) is 13.2 Å². The first-order valence-corrected chi connectivity index (χ1v) is 15.3. The molecule has 1 saturated heterocycles. The molecule has 2 fully saturated rings. The van der Waals surface area contributed by atoms with Gasteiger partial charge in [-0.2, -0.15) is 5.10 Å². The van der Waals surface area contributed by atoms with E-state index in [1.165, 1.54) is 5.56 Å². The van der Waals surface area contributed by atoms with Gasteiger partial charge in [-0.15, -0.1) is 0 Å². The largest absolute Gasteiger partial charge is 0.341 e. The number of amides is 1. The topological polar surface area (TPSA) is 85.2 Å². The van der Waals surface area contributed by atoms with Crippen LogP contribution < -0.4 is 0 Å². The quantitative estimate of drug-likeness (QED) is 0.404. The van der Waals surface area contributed by atoms with E-state index >= 15 is 0 Å². The molecule has 0 radical (unpaired) electrons. The number of nitrogens with zero attached hydrogens (tertiary/aromatic N) is 4. The van der Waals surface area contributed by atoms with E-state index in [2.05, 4.69) is 49.7 Å². The Kier molecular flexibility index (Phi) is 7.20. The van der Waals surface area contributed by atoms with Gasteiger partial charge < -0.3 is 4.90 Å². The van der Waals surface area contributed by atoms with Crippen molar-refractivity contribution in [2.45, 2.75) is 81.6 Å². The molecule has 2 atom stereocenters. The fourth-order valence-corrected chi connectivity index (χ4v) is 6.22. The van der Waals surface area contributed by atoms with Gasteiger partial charge in [-0.05, 0) is 63.3 Å². The second-order valence-electron chi connectivity index (χ2n) is 11.7. The maximum absolute atomic E-state index is 13.4. The summed E-state index contributed by atoms with van der Waals surface area (Å²) in [5.74, 6) is 2.80. The lowest BCUT2D eigenvalue weighted by Crippen LogP contribution is -2.30. The zero-order valence-corrected chi connectivity index (χ0v) is 23.6. The van der Waals surface area contributed by atoms with Crippen LogP contribution in [0.15, 0.2) is 59.5 Å². The zero-order valence-electron chi connectivity index (χ0n) is 22.8. The van der Waals surface area contributed by atoms with Crippen molar-refractivity contribution in [1.29, 1.82) is 0 Å². The summed E-state index contributed by atoms with van der Waals surface area (Å²) in [5.41, 5.74) is 1.98. The molecule has 5 rings (SSSR count). The summed E-state index contributed by atoms with van der Waals surface area (Å²) in [6, 6.07) is 17.4. The molecule has 202 valence electrons. The third kappa shape index (κ3) is 5.55. The van der Waals surface area contributed by atoms with Crippen molar-refractivity contribution in [3.63, 3.8) is 0 Å². The fraction of sp³-hybridized carbons (Fsp3) is 0.500. The first kappa shape index (κ1) is 26.6. The molecular weight excluding hydrogens is 496 g/mol. The smallest absolute Gasteiger partial charge is 0.222 e. The van der Waals surface area contributed by atoms with Crippen molar-refractivity contribution < 1.29 is 13.2 Å². The van der Waals surface area contributed by atoms with Gasteiger partial charge in [0.25, 0.3) is 0 Å². The highest BCUT2D eigenvalue weighted by Crippen LogP contribution is 2.43. The van der Waals surface area contributed by atoms with Crippen molar-refractivity contribution in [3.8, 4) is 0 Å². The highest BCUT2D eigenvalue weighted by Gasteiger charge is 2.42. The number of carbonyl (C=O) groups is 1. The number of sulfone groups is 1. The molecule has 8 heteroatoms. The Balaban J connectivity index is 1.36. The molecular formula is C30H38N4O3S. The van der Waals surface area contributed by atoms with Crippen molar-refractivity contribution in [3.05, 3.63) is 77.4 Å². The van der Waals surface area contributed by atoms with Gasteiger partial charge >= 0.3 is 0 Å². The highest BCUT2D eigenvalue weighted by atomic mass is 32.2. The lowest BCUT2D eigenvalue weighted by atomic mass is 9.88. The molecule has 38 heavy (non-hydrogen) atoms. The number of hydrogen-bond acceptors (Lipinski definition) is 5. The van der Waals surface area contributed by atoms with Crippen LogP contribution in [0.4, 0.5) is 0 Å². The fourth-order valence-electron chi connectivity index (χ4n) is 5.34. The van der Waals surface area contributed by atoms with Gasteiger partial charge in [-0.3, -0.25) is 4.79 Å². The van der Waals surface area contributed by atoms with E-state index in [-0.39, 0.29) is 29.0 Å². The Bertz CT molecular complexity index is 1390. The van der Waals surface area contributed by atoms with Crippen LogP contribution in [-0.4, -0.2) is 52.8 Å². The van der Waals surface area contributed by atoms with Crippen LogP contribution in [0.3, 0.4) is 0 Å². The molecule has 0 N–H and O–H groups in total. The Morgan fingerprint density at radius 2 is 1.63 bits per heavy atom. The number of aromatic nitrogens is 3. The van der Waals surface area contributed by atoms with Crippen LogP contribution in [0, 0.1) is 0 Å². The Labute approximate surface area is 226 Å². The Morgan fingerprint density at radius 1 is 0.974 bits per heavy atom. The van der Waals surface area contributed by atoms with Crippen LogP contribution in [0.2, 0.25) is 0 Å². The normalized spacial score (nSPS) is 20.2. The number of hydrogen-bond donors (Lipinski definition) is 0. The van der Waals surface area contributed by atoms with Crippen molar-refractivity contribution in [2.75, 3.05) is 18.8 Å². The van der Waals surface area contributed by atoms with Gasteiger partial charge in [-0.1, -0.05) is 49.4 Å². The third-order valence-electron chi connectivity index (χ3n) is 7.75. The minimum Gasteiger partial charge on any atom is -0.341 e. The van der Waals surface area contributed by atoms with Crippen molar-refractivity contribution in [1.82, 2.24) is 19.7 Å². The number of likely N-dealkylation sites (tertiary alicyclic amines) is 1.